The molecule has 0 heterocycles. The molecule has 0 saturated heterocycles. The molecule has 0 bridgehead atoms. The molecular formula is C11H22NO5S+. The summed E-state index contributed by atoms with van der Waals surface area (Å²) in [5, 5.41) is -0.857. The van der Waals surface area contributed by atoms with Gasteiger partial charge in [0.25, 0.3) is 10.1 Å². The lowest BCUT2D eigenvalue weighted by atomic mass is 10.3. The van der Waals surface area contributed by atoms with E-state index in [9.17, 15) is 13.2 Å². The van der Waals surface area contributed by atoms with Gasteiger partial charge in [0.1, 0.15) is 18.4 Å². The van der Waals surface area contributed by atoms with Crippen LogP contribution >= 0.6 is 0 Å². The van der Waals surface area contributed by atoms with Gasteiger partial charge in [-0.05, 0) is 13.8 Å². The number of hydrogen-bond donors (Lipinski definition) is 1. The van der Waals surface area contributed by atoms with Crippen molar-refractivity contribution in [1.29, 1.82) is 0 Å². The maximum atomic E-state index is 11.1. The van der Waals surface area contributed by atoms with Crippen molar-refractivity contribution in [1.82, 2.24) is 0 Å². The number of nitrogens with zero attached hydrogens (tertiary/aromatic N) is 1. The van der Waals surface area contributed by atoms with Crippen molar-refractivity contribution >= 4 is 16.1 Å². The highest BCUT2D eigenvalue weighted by atomic mass is 32.2. The van der Waals surface area contributed by atoms with Gasteiger partial charge in [0.05, 0.1) is 20.6 Å². The number of carbonyl (C=O) groups is 1. The highest BCUT2D eigenvalue weighted by Gasteiger charge is 2.27. The van der Waals surface area contributed by atoms with Crippen LogP contribution in [0.3, 0.4) is 0 Å². The molecule has 1 unspecified atom stereocenters. The molecule has 0 aromatic rings. The van der Waals surface area contributed by atoms with Gasteiger partial charge in [-0.2, -0.15) is 8.42 Å². The van der Waals surface area contributed by atoms with Gasteiger partial charge in [0, 0.05) is 5.57 Å². The largest absolute Gasteiger partial charge is 0.456 e. The minimum absolute atomic E-state index is 0.177. The van der Waals surface area contributed by atoms with E-state index in [1.165, 1.54) is 6.92 Å². The average Bonchev–Trinajstić information content (AvgIpc) is 2.14. The Balaban J connectivity index is 4.25. The summed E-state index contributed by atoms with van der Waals surface area (Å²) in [5.74, 6) is -0.460. The highest BCUT2D eigenvalue weighted by Crippen LogP contribution is 2.06. The fourth-order valence-electron chi connectivity index (χ4n) is 1.39. The van der Waals surface area contributed by atoms with Crippen LogP contribution in [-0.2, 0) is 19.6 Å². The Morgan fingerprint density at radius 3 is 2.33 bits per heavy atom. The maximum absolute atomic E-state index is 11.1. The van der Waals surface area contributed by atoms with E-state index in [1.807, 2.05) is 0 Å². The van der Waals surface area contributed by atoms with Crippen LogP contribution in [0.5, 0.6) is 0 Å². The summed E-state index contributed by atoms with van der Waals surface area (Å²) in [4.78, 5) is 11.1. The van der Waals surface area contributed by atoms with Crippen LogP contribution in [0.4, 0.5) is 0 Å². The number of esters is 1. The van der Waals surface area contributed by atoms with Crippen LogP contribution in [0.1, 0.15) is 13.8 Å². The Kier molecular flexibility index (Phi) is 5.98. The molecule has 0 aromatic carbocycles. The maximum Gasteiger partial charge on any atom is 0.333 e. The first-order chi connectivity index (χ1) is 7.96. The fourth-order valence-corrected chi connectivity index (χ4v) is 1.98. The molecule has 0 radical (unpaired) electrons. The molecule has 0 aromatic heterocycles. The van der Waals surface area contributed by atoms with Crippen molar-refractivity contribution in [3.63, 3.8) is 0 Å². The van der Waals surface area contributed by atoms with Crippen LogP contribution in [0.25, 0.3) is 0 Å². The van der Waals surface area contributed by atoms with Crippen LogP contribution in [0.2, 0.25) is 0 Å². The second-order valence-electron chi connectivity index (χ2n) is 5.08. The smallest absolute Gasteiger partial charge is 0.333 e. The van der Waals surface area contributed by atoms with Crippen molar-refractivity contribution in [2.45, 2.75) is 19.1 Å². The van der Waals surface area contributed by atoms with Gasteiger partial charge in [0.2, 0.25) is 0 Å². The molecule has 6 nitrogen and oxygen atoms in total. The summed E-state index contributed by atoms with van der Waals surface area (Å²) >= 11 is 0. The first-order valence-electron chi connectivity index (χ1n) is 5.56. The number of rotatable bonds is 7. The Bertz CT molecular complexity index is 413. The molecule has 1 N–H and O–H groups in total. The first-order valence-corrected chi connectivity index (χ1v) is 7.07. The summed E-state index contributed by atoms with van der Waals surface area (Å²) in [6.45, 7) is 7.33. The molecule has 0 saturated carbocycles. The Labute approximate surface area is 109 Å². The van der Waals surface area contributed by atoms with E-state index in [-0.39, 0.29) is 13.2 Å². The number of likely N-dealkylation sites (N-methyl/N-ethyl adjacent to an activating group) is 1. The third-order valence-electron chi connectivity index (χ3n) is 2.54. The van der Waals surface area contributed by atoms with Gasteiger partial charge >= 0.3 is 5.97 Å². The van der Waals surface area contributed by atoms with Crippen molar-refractivity contribution in [3.8, 4) is 0 Å². The summed E-state index contributed by atoms with van der Waals surface area (Å²) < 4.78 is 36.0. The highest BCUT2D eigenvalue weighted by molar-refractivity contribution is 7.86. The zero-order chi connectivity index (χ0) is 14.6. The molecule has 0 fully saturated rings. The van der Waals surface area contributed by atoms with Gasteiger partial charge in [-0.25, -0.2) is 4.79 Å². The summed E-state index contributed by atoms with van der Waals surface area (Å²) in [5.41, 5.74) is 0.326. The standard InChI is InChI=1S/C11H21NO5S/c1-9(2)11(13)17-7-6-12(4,5)8-10(3)18(14,15)16/h10H,1,6-8H2,2-5H3/p+1. The zero-order valence-corrected chi connectivity index (χ0v) is 12.2. The molecule has 0 rings (SSSR count). The van der Waals surface area contributed by atoms with Crippen molar-refractivity contribution < 1.29 is 27.0 Å². The average molecular weight is 280 g/mol. The number of carbonyl (C=O) groups excluding carboxylic acids is 1. The Morgan fingerprint density at radius 1 is 1.44 bits per heavy atom. The third kappa shape index (κ3) is 6.73. The molecule has 1 atom stereocenters. The van der Waals surface area contributed by atoms with Crippen LogP contribution in [0.15, 0.2) is 12.2 Å². The van der Waals surface area contributed by atoms with Gasteiger partial charge < -0.3 is 9.22 Å². The van der Waals surface area contributed by atoms with E-state index in [4.69, 9.17) is 9.29 Å². The molecule has 18 heavy (non-hydrogen) atoms. The quantitative estimate of drug-likeness (QED) is 0.317. The molecule has 0 aliphatic heterocycles. The predicted octanol–water partition coefficient (Wildman–Crippen LogP) is 0.458. The van der Waals surface area contributed by atoms with Gasteiger partial charge in [-0.15, -0.1) is 0 Å². The normalized spacial score (nSPS) is 14.1. The minimum atomic E-state index is -4.03. The Morgan fingerprint density at radius 2 is 1.94 bits per heavy atom. The lowest BCUT2D eigenvalue weighted by Gasteiger charge is -2.31. The van der Waals surface area contributed by atoms with Gasteiger partial charge in [-0.1, -0.05) is 6.58 Å². The molecule has 0 aliphatic carbocycles. The van der Waals surface area contributed by atoms with Crippen LogP contribution in [0, 0.1) is 0 Å². The third-order valence-corrected chi connectivity index (χ3v) is 3.70. The summed E-state index contributed by atoms with van der Waals surface area (Å²) in [6.07, 6.45) is 0. The van der Waals surface area contributed by atoms with Gasteiger partial charge in [-0.3, -0.25) is 4.55 Å². The second-order valence-corrected chi connectivity index (χ2v) is 6.92. The van der Waals surface area contributed by atoms with Crippen LogP contribution < -0.4 is 0 Å². The zero-order valence-electron chi connectivity index (χ0n) is 11.3. The molecule has 7 heteroatoms. The SMILES string of the molecule is C=C(C)C(=O)OCC[N+](C)(C)CC(C)S(=O)(=O)O. The predicted molar refractivity (Wildman–Crippen MR) is 68.6 cm³/mol. The van der Waals surface area contributed by atoms with Crippen molar-refractivity contribution in [2.75, 3.05) is 33.8 Å². The number of quaternary nitrogens is 1. The van der Waals surface area contributed by atoms with E-state index >= 15 is 0 Å². The van der Waals surface area contributed by atoms with Gasteiger partial charge in [0.15, 0.2) is 0 Å². The van der Waals surface area contributed by atoms with E-state index in [1.54, 1.807) is 21.0 Å². The lowest BCUT2D eigenvalue weighted by Crippen LogP contribution is -2.48. The second kappa shape index (κ2) is 6.31. The number of hydrogen-bond acceptors (Lipinski definition) is 4. The van der Waals surface area contributed by atoms with Crippen molar-refractivity contribution in [2.24, 2.45) is 0 Å². The summed E-state index contributed by atoms with van der Waals surface area (Å²) in [7, 11) is -0.425. The molecular weight excluding hydrogens is 258 g/mol. The van der Waals surface area contributed by atoms with E-state index in [0.717, 1.165) is 0 Å². The van der Waals surface area contributed by atoms with Crippen molar-refractivity contribution in [3.05, 3.63) is 12.2 Å². The minimum Gasteiger partial charge on any atom is -0.456 e. The number of ether oxygens (including phenoxy) is 1. The molecule has 0 amide bonds. The molecule has 106 valence electrons. The monoisotopic (exact) mass is 280 g/mol. The molecule has 0 aliphatic rings. The molecule has 0 spiro atoms. The lowest BCUT2D eigenvalue weighted by molar-refractivity contribution is -0.889. The summed E-state index contributed by atoms with van der Waals surface area (Å²) in [6, 6.07) is 0. The van der Waals surface area contributed by atoms with E-state index in [2.05, 4.69) is 6.58 Å². The topological polar surface area (TPSA) is 80.7 Å². The fraction of sp³-hybridized carbons (Fsp3) is 0.727. The van der Waals surface area contributed by atoms with E-state index < -0.39 is 21.3 Å². The van der Waals surface area contributed by atoms with Crippen LogP contribution in [-0.4, -0.2) is 62.5 Å². The Hall–Kier alpha value is -0.920. The first kappa shape index (κ1) is 17.1. The van der Waals surface area contributed by atoms with E-state index in [0.29, 0.717) is 16.6 Å².